The highest BCUT2D eigenvalue weighted by Gasteiger charge is 2.39. The van der Waals surface area contributed by atoms with Gasteiger partial charge >= 0.3 is 0 Å². The highest BCUT2D eigenvalue weighted by Crippen LogP contribution is 2.36. The van der Waals surface area contributed by atoms with Crippen molar-refractivity contribution >= 4 is 0 Å². The van der Waals surface area contributed by atoms with Gasteiger partial charge in [0.05, 0.1) is 5.60 Å². The van der Waals surface area contributed by atoms with Crippen molar-refractivity contribution in [2.45, 2.75) is 69.9 Å². The van der Waals surface area contributed by atoms with Crippen LogP contribution < -0.4 is 5.32 Å². The van der Waals surface area contributed by atoms with E-state index in [-0.39, 0.29) is 0 Å². The van der Waals surface area contributed by atoms with Gasteiger partial charge in [0.1, 0.15) is 0 Å². The molecule has 0 bridgehead atoms. The summed E-state index contributed by atoms with van der Waals surface area (Å²) in [6.45, 7) is 3.41. The maximum Gasteiger partial charge on any atom is 0.0800 e. The molecule has 0 amide bonds. The molecule has 1 unspecified atom stereocenters. The average molecular weight is 211 g/mol. The third-order valence-corrected chi connectivity index (χ3v) is 4.35. The van der Waals surface area contributed by atoms with Crippen molar-refractivity contribution in [3.8, 4) is 0 Å². The topological polar surface area (TPSA) is 32.3 Å². The maximum atomic E-state index is 10.7. The minimum absolute atomic E-state index is 0.368. The van der Waals surface area contributed by atoms with E-state index in [0.29, 0.717) is 6.04 Å². The first-order valence-corrected chi connectivity index (χ1v) is 6.66. The van der Waals surface area contributed by atoms with E-state index in [9.17, 15) is 5.11 Å². The Morgan fingerprint density at radius 3 is 2.53 bits per heavy atom. The molecule has 0 aromatic carbocycles. The third-order valence-electron chi connectivity index (χ3n) is 4.35. The highest BCUT2D eigenvalue weighted by molar-refractivity contribution is 4.95. The fraction of sp³-hybridized carbons (Fsp3) is 1.00. The van der Waals surface area contributed by atoms with Gasteiger partial charge in [-0.25, -0.2) is 0 Å². The first-order chi connectivity index (χ1) is 7.21. The fourth-order valence-electron chi connectivity index (χ4n) is 3.10. The average Bonchev–Trinajstić information content (AvgIpc) is 2.51. The van der Waals surface area contributed by atoms with Crippen molar-refractivity contribution in [3.63, 3.8) is 0 Å². The van der Waals surface area contributed by atoms with Crippen LogP contribution in [0.15, 0.2) is 0 Å². The molecule has 1 aliphatic carbocycles. The smallest absolute Gasteiger partial charge is 0.0800 e. The van der Waals surface area contributed by atoms with Gasteiger partial charge in [-0.3, -0.25) is 0 Å². The molecule has 2 heteroatoms. The van der Waals surface area contributed by atoms with Crippen molar-refractivity contribution in [2.24, 2.45) is 5.92 Å². The van der Waals surface area contributed by atoms with Crippen LogP contribution in [-0.2, 0) is 0 Å². The molecule has 2 rings (SSSR count). The van der Waals surface area contributed by atoms with Crippen molar-refractivity contribution in [3.05, 3.63) is 0 Å². The highest BCUT2D eigenvalue weighted by atomic mass is 16.3. The lowest BCUT2D eigenvalue weighted by atomic mass is 9.74. The van der Waals surface area contributed by atoms with E-state index in [4.69, 9.17) is 0 Å². The van der Waals surface area contributed by atoms with Crippen molar-refractivity contribution < 1.29 is 5.11 Å². The van der Waals surface area contributed by atoms with E-state index < -0.39 is 5.60 Å². The molecule has 0 aromatic rings. The number of aliphatic hydroxyl groups is 1. The van der Waals surface area contributed by atoms with Gasteiger partial charge in [0.15, 0.2) is 0 Å². The summed E-state index contributed by atoms with van der Waals surface area (Å²) in [5.41, 5.74) is -0.392. The minimum atomic E-state index is -0.392. The molecule has 1 heterocycles. The second kappa shape index (κ2) is 4.84. The SMILES string of the molecule is CC1CCC(O)(C2CCCCCN2)CC1. The zero-order chi connectivity index (χ0) is 10.7. The maximum absolute atomic E-state index is 10.7. The van der Waals surface area contributed by atoms with Gasteiger partial charge in [-0.15, -0.1) is 0 Å². The summed E-state index contributed by atoms with van der Waals surface area (Å²) in [5.74, 6) is 0.816. The van der Waals surface area contributed by atoms with E-state index in [1.54, 1.807) is 0 Å². The number of nitrogens with one attached hydrogen (secondary N) is 1. The lowest BCUT2D eigenvalue weighted by Crippen LogP contribution is -2.52. The monoisotopic (exact) mass is 211 g/mol. The van der Waals surface area contributed by atoms with Crippen LogP contribution in [0, 0.1) is 5.92 Å². The Labute approximate surface area is 93.5 Å². The summed E-state index contributed by atoms with van der Waals surface area (Å²) in [6, 6.07) is 0.368. The molecular formula is C13H25NO. The molecule has 0 aromatic heterocycles. The predicted molar refractivity (Wildman–Crippen MR) is 62.8 cm³/mol. The van der Waals surface area contributed by atoms with E-state index >= 15 is 0 Å². The predicted octanol–water partition coefficient (Wildman–Crippen LogP) is 2.46. The third kappa shape index (κ3) is 2.73. The summed E-state index contributed by atoms with van der Waals surface area (Å²) in [4.78, 5) is 0. The molecule has 2 N–H and O–H groups in total. The van der Waals surface area contributed by atoms with Crippen LogP contribution in [0.3, 0.4) is 0 Å². The molecule has 2 aliphatic rings. The summed E-state index contributed by atoms with van der Waals surface area (Å²) < 4.78 is 0. The normalized spacial score (nSPS) is 43.6. The molecule has 2 nitrogen and oxygen atoms in total. The van der Waals surface area contributed by atoms with Crippen molar-refractivity contribution in [1.29, 1.82) is 0 Å². The summed E-state index contributed by atoms with van der Waals surface area (Å²) in [5, 5.41) is 14.2. The Morgan fingerprint density at radius 1 is 1.07 bits per heavy atom. The zero-order valence-corrected chi connectivity index (χ0v) is 9.97. The number of hydrogen-bond acceptors (Lipinski definition) is 2. The Balaban J connectivity index is 1.94. The van der Waals surface area contributed by atoms with Gasteiger partial charge in [0.2, 0.25) is 0 Å². The van der Waals surface area contributed by atoms with E-state index in [1.165, 1.54) is 38.5 Å². The van der Waals surface area contributed by atoms with Gasteiger partial charge < -0.3 is 10.4 Å². The van der Waals surface area contributed by atoms with Gasteiger partial charge in [0.25, 0.3) is 0 Å². The second-order valence-corrected chi connectivity index (χ2v) is 5.64. The molecule has 1 atom stereocenters. The fourth-order valence-corrected chi connectivity index (χ4v) is 3.10. The molecule has 1 saturated heterocycles. The Kier molecular flexibility index (Phi) is 3.68. The summed E-state index contributed by atoms with van der Waals surface area (Å²) >= 11 is 0. The second-order valence-electron chi connectivity index (χ2n) is 5.64. The van der Waals surface area contributed by atoms with Gasteiger partial charge in [-0.05, 0) is 51.0 Å². The van der Waals surface area contributed by atoms with Gasteiger partial charge in [-0.2, -0.15) is 0 Å². The largest absolute Gasteiger partial charge is 0.388 e. The Hall–Kier alpha value is -0.0800. The van der Waals surface area contributed by atoms with E-state index in [2.05, 4.69) is 12.2 Å². The van der Waals surface area contributed by atoms with Crippen LogP contribution in [0.25, 0.3) is 0 Å². The standard InChI is InChI=1S/C13H25NO/c1-11-6-8-13(15,9-7-11)12-5-3-2-4-10-14-12/h11-12,14-15H,2-10H2,1H3. The van der Waals surface area contributed by atoms with Crippen LogP contribution in [-0.4, -0.2) is 23.3 Å². The molecule has 1 saturated carbocycles. The summed E-state index contributed by atoms with van der Waals surface area (Å²) in [6.07, 6.45) is 9.49. The van der Waals surface area contributed by atoms with Crippen LogP contribution in [0.1, 0.15) is 58.3 Å². The van der Waals surface area contributed by atoms with E-state index in [1.807, 2.05) is 0 Å². The Bertz CT molecular complexity index is 189. The molecule has 1 aliphatic heterocycles. The van der Waals surface area contributed by atoms with Gasteiger partial charge in [0, 0.05) is 6.04 Å². The van der Waals surface area contributed by atoms with Crippen LogP contribution in [0.5, 0.6) is 0 Å². The first kappa shape index (κ1) is 11.4. The number of hydrogen-bond donors (Lipinski definition) is 2. The quantitative estimate of drug-likeness (QED) is 0.698. The molecule has 0 spiro atoms. The first-order valence-electron chi connectivity index (χ1n) is 6.66. The molecule has 0 radical (unpaired) electrons. The van der Waals surface area contributed by atoms with Crippen LogP contribution in [0.2, 0.25) is 0 Å². The number of rotatable bonds is 1. The molecule has 2 fully saturated rings. The van der Waals surface area contributed by atoms with Crippen LogP contribution >= 0.6 is 0 Å². The lowest BCUT2D eigenvalue weighted by Gasteiger charge is -2.41. The van der Waals surface area contributed by atoms with E-state index in [0.717, 1.165) is 25.3 Å². The van der Waals surface area contributed by atoms with Crippen molar-refractivity contribution in [1.82, 2.24) is 5.32 Å². The molecule has 88 valence electrons. The Morgan fingerprint density at radius 2 is 1.80 bits per heavy atom. The summed E-state index contributed by atoms with van der Waals surface area (Å²) in [7, 11) is 0. The zero-order valence-electron chi connectivity index (χ0n) is 9.97. The molecular weight excluding hydrogens is 186 g/mol. The lowest BCUT2D eigenvalue weighted by molar-refractivity contribution is -0.0406. The minimum Gasteiger partial charge on any atom is -0.388 e. The van der Waals surface area contributed by atoms with Gasteiger partial charge in [-0.1, -0.05) is 19.8 Å². The molecule has 15 heavy (non-hydrogen) atoms. The van der Waals surface area contributed by atoms with Crippen LogP contribution in [0.4, 0.5) is 0 Å². The van der Waals surface area contributed by atoms with Crippen molar-refractivity contribution in [2.75, 3.05) is 6.54 Å².